The zero-order chi connectivity index (χ0) is 14.0. The van der Waals surface area contributed by atoms with E-state index in [9.17, 15) is 0 Å². The van der Waals surface area contributed by atoms with Gasteiger partial charge in [0.25, 0.3) is 5.89 Å². The minimum atomic E-state index is -0.483. The van der Waals surface area contributed by atoms with Gasteiger partial charge in [-0.3, -0.25) is 0 Å². The predicted octanol–water partition coefficient (Wildman–Crippen LogP) is 3.35. The van der Waals surface area contributed by atoms with Gasteiger partial charge in [-0.2, -0.15) is 4.98 Å². The summed E-state index contributed by atoms with van der Waals surface area (Å²) in [5.41, 5.74) is 7.25. The van der Waals surface area contributed by atoms with Crippen LogP contribution in [-0.4, -0.2) is 17.3 Å². The zero-order valence-electron chi connectivity index (χ0n) is 11.7. The first kappa shape index (κ1) is 14.0. The number of nitrogens with two attached hydrogens (primary N) is 1. The number of thiophene rings is 1. The van der Waals surface area contributed by atoms with Crippen molar-refractivity contribution in [1.82, 2.24) is 10.1 Å². The van der Waals surface area contributed by atoms with Crippen LogP contribution in [-0.2, 0) is 10.3 Å². The van der Waals surface area contributed by atoms with Gasteiger partial charge in [0.1, 0.15) is 10.5 Å². The summed E-state index contributed by atoms with van der Waals surface area (Å²) in [6.07, 6.45) is 1.58. The van der Waals surface area contributed by atoms with E-state index in [1.807, 2.05) is 26.2 Å². The van der Waals surface area contributed by atoms with E-state index in [0.29, 0.717) is 17.4 Å². The Morgan fingerprint density at radius 1 is 1.42 bits per heavy atom. The van der Waals surface area contributed by atoms with Gasteiger partial charge in [-0.15, -0.1) is 11.3 Å². The number of nitrogen functional groups attached to an aromatic ring is 1. The van der Waals surface area contributed by atoms with Crippen molar-refractivity contribution in [2.45, 2.75) is 39.2 Å². The van der Waals surface area contributed by atoms with Gasteiger partial charge in [0.05, 0.1) is 5.69 Å². The molecule has 6 heteroatoms. The Labute approximate surface area is 116 Å². The van der Waals surface area contributed by atoms with Crippen molar-refractivity contribution in [1.29, 1.82) is 0 Å². The number of ether oxygens (including phenoxy) is 1. The quantitative estimate of drug-likeness (QED) is 0.909. The molecule has 5 nitrogen and oxygen atoms in total. The third-order valence-electron chi connectivity index (χ3n) is 3.58. The number of methoxy groups -OCH3 is 1. The molecule has 2 N–H and O–H groups in total. The third-order valence-corrected chi connectivity index (χ3v) is 4.69. The van der Waals surface area contributed by atoms with Crippen molar-refractivity contribution < 1.29 is 9.26 Å². The lowest BCUT2D eigenvalue weighted by molar-refractivity contribution is -0.0306. The molecule has 0 aromatic carbocycles. The molecule has 2 aromatic heterocycles. The number of nitrogens with zero attached hydrogens (tertiary/aromatic N) is 2. The largest absolute Gasteiger partial charge is 0.397 e. The fourth-order valence-electron chi connectivity index (χ4n) is 2.07. The van der Waals surface area contributed by atoms with Crippen LogP contribution in [0.25, 0.3) is 10.8 Å². The first-order valence-electron chi connectivity index (χ1n) is 6.31. The minimum Gasteiger partial charge on any atom is -0.397 e. The van der Waals surface area contributed by atoms with Crippen molar-refractivity contribution in [2.24, 2.45) is 0 Å². The predicted molar refractivity (Wildman–Crippen MR) is 76.0 cm³/mol. The maximum atomic E-state index is 6.00. The van der Waals surface area contributed by atoms with Crippen LogP contribution in [0.4, 0.5) is 5.69 Å². The van der Waals surface area contributed by atoms with Gasteiger partial charge < -0.3 is 15.0 Å². The highest BCUT2D eigenvalue weighted by molar-refractivity contribution is 7.14. The van der Waals surface area contributed by atoms with E-state index < -0.39 is 5.60 Å². The van der Waals surface area contributed by atoms with Crippen molar-refractivity contribution >= 4 is 17.0 Å². The standard InChI is InChI=1S/C13H19N3O2S/c1-5-13(6-2,17-4)12-15-11(18-16-12)10-9(14)8(3)7-19-10/h7H,5-6,14H2,1-4H3. The summed E-state index contributed by atoms with van der Waals surface area (Å²) in [6, 6.07) is 0. The monoisotopic (exact) mass is 281 g/mol. The van der Waals surface area contributed by atoms with Gasteiger partial charge in [0.15, 0.2) is 0 Å². The molecular weight excluding hydrogens is 262 g/mol. The highest BCUT2D eigenvalue weighted by Crippen LogP contribution is 2.36. The lowest BCUT2D eigenvalue weighted by atomic mass is 9.96. The molecule has 0 aliphatic heterocycles. The number of rotatable bonds is 5. The Morgan fingerprint density at radius 3 is 2.58 bits per heavy atom. The van der Waals surface area contributed by atoms with E-state index in [4.69, 9.17) is 15.0 Å². The average Bonchev–Trinajstić information content (AvgIpc) is 3.02. The number of anilines is 1. The van der Waals surface area contributed by atoms with E-state index in [-0.39, 0.29) is 0 Å². The molecule has 0 bridgehead atoms. The van der Waals surface area contributed by atoms with E-state index in [2.05, 4.69) is 10.1 Å². The number of aromatic nitrogens is 2. The molecule has 0 saturated carbocycles. The van der Waals surface area contributed by atoms with E-state index in [0.717, 1.165) is 23.3 Å². The van der Waals surface area contributed by atoms with Crippen LogP contribution in [0, 0.1) is 6.92 Å². The zero-order valence-corrected chi connectivity index (χ0v) is 12.5. The van der Waals surface area contributed by atoms with Crippen LogP contribution >= 0.6 is 11.3 Å². The fourth-order valence-corrected chi connectivity index (χ4v) is 2.96. The number of aryl methyl sites for hydroxylation is 1. The molecule has 0 unspecified atom stereocenters. The first-order valence-corrected chi connectivity index (χ1v) is 7.19. The molecule has 19 heavy (non-hydrogen) atoms. The lowest BCUT2D eigenvalue weighted by Crippen LogP contribution is -2.28. The third kappa shape index (κ3) is 2.26. The fraction of sp³-hybridized carbons (Fsp3) is 0.538. The molecule has 0 spiro atoms. The summed E-state index contributed by atoms with van der Waals surface area (Å²) < 4.78 is 10.9. The van der Waals surface area contributed by atoms with Gasteiger partial charge in [-0.05, 0) is 30.7 Å². The van der Waals surface area contributed by atoms with Gasteiger partial charge in [0, 0.05) is 7.11 Å². The van der Waals surface area contributed by atoms with Crippen LogP contribution < -0.4 is 5.73 Å². The van der Waals surface area contributed by atoms with Crippen LogP contribution in [0.1, 0.15) is 38.1 Å². The van der Waals surface area contributed by atoms with Crippen LogP contribution in [0.2, 0.25) is 0 Å². The Morgan fingerprint density at radius 2 is 2.11 bits per heavy atom. The van der Waals surface area contributed by atoms with Gasteiger partial charge in [-0.25, -0.2) is 0 Å². The molecule has 0 aliphatic rings. The van der Waals surface area contributed by atoms with Crippen LogP contribution in [0.3, 0.4) is 0 Å². The van der Waals surface area contributed by atoms with Crippen molar-refractivity contribution in [3.05, 3.63) is 16.8 Å². The summed E-state index contributed by atoms with van der Waals surface area (Å²) in [6.45, 7) is 6.06. The van der Waals surface area contributed by atoms with E-state index >= 15 is 0 Å². The molecule has 0 fully saturated rings. The average molecular weight is 281 g/mol. The van der Waals surface area contributed by atoms with E-state index in [1.54, 1.807) is 7.11 Å². The highest BCUT2D eigenvalue weighted by Gasteiger charge is 2.34. The molecule has 0 radical (unpaired) electrons. The first-order chi connectivity index (χ1) is 9.07. The SMILES string of the molecule is CCC(CC)(OC)c1noc(-c2scc(C)c2N)n1. The number of hydrogen-bond acceptors (Lipinski definition) is 6. The highest BCUT2D eigenvalue weighted by atomic mass is 32.1. The van der Waals surface area contributed by atoms with Gasteiger partial charge in [0.2, 0.25) is 5.82 Å². The summed E-state index contributed by atoms with van der Waals surface area (Å²) >= 11 is 1.51. The van der Waals surface area contributed by atoms with Crippen LogP contribution in [0.5, 0.6) is 0 Å². The molecular formula is C13H19N3O2S. The Bertz CT molecular complexity index is 550. The number of hydrogen-bond donors (Lipinski definition) is 1. The Kier molecular flexibility index (Phi) is 3.91. The second kappa shape index (κ2) is 5.30. The molecule has 2 rings (SSSR count). The molecule has 2 heterocycles. The van der Waals surface area contributed by atoms with Crippen molar-refractivity contribution in [3.63, 3.8) is 0 Å². The summed E-state index contributed by atoms with van der Waals surface area (Å²) in [7, 11) is 1.67. The molecule has 0 saturated heterocycles. The van der Waals surface area contributed by atoms with Gasteiger partial charge in [-0.1, -0.05) is 19.0 Å². The van der Waals surface area contributed by atoms with Gasteiger partial charge >= 0.3 is 0 Å². The normalized spacial score (nSPS) is 12.0. The molecule has 0 amide bonds. The second-order valence-corrected chi connectivity index (χ2v) is 5.37. The maximum Gasteiger partial charge on any atom is 0.270 e. The molecule has 0 aliphatic carbocycles. The van der Waals surface area contributed by atoms with E-state index in [1.165, 1.54) is 11.3 Å². The summed E-state index contributed by atoms with van der Waals surface area (Å²) in [4.78, 5) is 5.29. The molecule has 0 atom stereocenters. The summed E-state index contributed by atoms with van der Waals surface area (Å²) in [5.74, 6) is 1.05. The van der Waals surface area contributed by atoms with Crippen molar-refractivity contribution in [2.75, 3.05) is 12.8 Å². The lowest BCUT2D eigenvalue weighted by Gasteiger charge is -2.25. The maximum absolute atomic E-state index is 6.00. The van der Waals surface area contributed by atoms with Crippen molar-refractivity contribution in [3.8, 4) is 10.8 Å². The second-order valence-electron chi connectivity index (χ2n) is 4.49. The Balaban J connectivity index is 2.41. The smallest absolute Gasteiger partial charge is 0.270 e. The minimum absolute atomic E-state index is 0.467. The Hall–Kier alpha value is -1.40. The van der Waals surface area contributed by atoms with Crippen LogP contribution in [0.15, 0.2) is 9.90 Å². The topological polar surface area (TPSA) is 74.2 Å². The molecule has 104 valence electrons. The molecule has 2 aromatic rings. The summed E-state index contributed by atoms with van der Waals surface area (Å²) in [5, 5.41) is 6.05.